The zero-order chi connectivity index (χ0) is 24.5. The molecule has 1 fully saturated rings. The van der Waals surface area contributed by atoms with Crippen LogP contribution in [0.5, 0.6) is 0 Å². The van der Waals surface area contributed by atoms with Crippen LogP contribution in [-0.4, -0.2) is 109 Å². The predicted octanol–water partition coefficient (Wildman–Crippen LogP) is 1.40. The number of amides is 2. The highest BCUT2D eigenvalue weighted by molar-refractivity contribution is 5.99. The van der Waals surface area contributed by atoms with Gasteiger partial charge in [-0.25, -0.2) is 13.6 Å². The fourth-order valence-corrected chi connectivity index (χ4v) is 3.70. The lowest BCUT2D eigenvalue weighted by Crippen LogP contribution is -2.50. The third-order valence-corrected chi connectivity index (χ3v) is 5.44. The van der Waals surface area contributed by atoms with Crippen LogP contribution >= 0.6 is 0 Å². The van der Waals surface area contributed by atoms with E-state index in [1.807, 2.05) is 0 Å². The molecule has 2 aromatic rings. The van der Waals surface area contributed by atoms with Crippen molar-refractivity contribution in [3.8, 4) is 0 Å². The molecule has 1 aliphatic heterocycles. The van der Waals surface area contributed by atoms with Crippen LogP contribution in [0.25, 0.3) is 10.9 Å². The van der Waals surface area contributed by atoms with Gasteiger partial charge in [0.25, 0.3) is 5.91 Å². The number of aliphatic hydroxyl groups excluding tert-OH is 1. The van der Waals surface area contributed by atoms with Gasteiger partial charge in [0.1, 0.15) is 5.69 Å². The molecular formula is C22H29F2N3O7. The Morgan fingerprint density at radius 1 is 0.824 bits per heavy atom. The Morgan fingerprint density at radius 3 is 2.00 bits per heavy atom. The van der Waals surface area contributed by atoms with Crippen molar-refractivity contribution < 1.29 is 42.8 Å². The van der Waals surface area contributed by atoms with Gasteiger partial charge in [-0.2, -0.15) is 0 Å². The van der Waals surface area contributed by atoms with Crippen molar-refractivity contribution in [1.82, 2.24) is 14.4 Å². The van der Waals surface area contributed by atoms with Crippen molar-refractivity contribution in [3.05, 3.63) is 35.5 Å². The number of aromatic nitrogens is 1. The summed E-state index contributed by atoms with van der Waals surface area (Å²) in [7, 11) is 0. The highest BCUT2D eigenvalue weighted by Gasteiger charge is 2.27. The number of benzene rings is 1. The van der Waals surface area contributed by atoms with Crippen molar-refractivity contribution >= 4 is 22.9 Å². The topological polar surface area (TPSA) is 114 Å². The van der Waals surface area contributed by atoms with Gasteiger partial charge >= 0.3 is 6.09 Å². The predicted molar refractivity (Wildman–Crippen MR) is 117 cm³/mol. The van der Waals surface area contributed by atoms with E-state index in [-0.39, 0.29) is 64.1 Å². The number of carboxylic acid groups (broad SMARTS) is 1. The first-order chi connectivity index (χ1) is 16.4. The minimum absolute atomic E-state index is 0.0449. The zero-order valence-corrected chi connectivity index (χ0v) is 18.8. The molecule has 0 unspecified atom stereocenters. The number of carbonyl (C=O) groups is 2. The van der Waals surface area contributed by atoms with E-state index >= 15 is 0 Å². The molecule has 12 heteroatoms. The van der Waals surface area contributed by atoms with E-state index in [0.717, 1.165) is 12.1 Å². The van der Waals surface area contributed by atoms with E-state index in [4.69, 9.17) is 24.4 Å². The summed E-state index contributed by atoms with van der Waals surface area (Å²) in [6.45, 7) is 2.84. The third-order valence-electron chi connectivity index (χ3n) is 5.44. The summed E-state index contributed by atoms with van der Waals surface area (Å²) in [6, 6.07) is 3.62. The van der Waals surface area contributed by atoms with Crippen molar-refractivity contribution in [3.63, 3.8) is 0 Å². The monoisotopic (exact) mass is 485 g/mol. The molecule has 10 nitrogen and oxygen atoms in total. The van der Waals surface area contributed by atoms with Crippen LogP contribution in [0.15, 0.2) is 18.2 Å². The molecule has 1 aromatic carbocycles. The average Bonchev–Trinajstić information content (AvgIpc) is 3.17. The molecule has 2 N–H and O–H groups in total. The van der Waals surface area contributed by atoms with Crippen molar-refractivity contribution in [2.24, 2.45) is 0 Å². The van der Waals surface area contributed by atoms with Gasteiger partial charge in [-0.05, 0) is 12.1 Å². The molecule has 1 aliphatic rings. The summed E-state index contributed by atoms with van der Waals surface area (Å²) in [4.78, 5) is 27.1. The van der Waals surface area contributed by atoms with Gasteiger partial charge in [-0.3, -0.25) is 4.79 Å². The number of hydrogen-bond acceptors (Lipinski definition) is 6. The first-order valence-electron chi connectivity index (χ1n) is 11.0. The molecule has 0 radical (unpaired) electrons. The Balaban J connectivity index is 1.62. The maximum absolute atomic E-state index is 13.9. The minimum atomic E-state index is -1.04. The smallest absolute Gasteiger partial charge is 0.407 e. The summed E-state index contributed by atoms with van der Waals surface area (Å²) < 4.78 is 45.3. The van der Waals surface area contributed by atoms with E-state index in [9.17, 15) is 18.4 Å². The number of piperazine rings is 1. The average molecular weight is 485 g/mol. The van der Waals surface area contributed by atoms with Crippen LogP contribution in [0.1, 0.15) is 10.5 Å². The van der Waals surface area contributed by atoms with Crippen molar-refractivity contribution in [1.29, 1.82) is 0 Å². The number of aliphatic hydroxyl groups is 1. The maximum atomic E-state index is 13.9. The van der Waals surface area contributed by atoms with Crippen LogP contribution in [0.4, 0.5) is 13.6 Å². The van der Waals surface area contributed by atoms with Crippen molar-refractivity contribution in [2.45, 2.75) is 6.54 Å². The lowest BCUT2D eigenvalue weighted by Gasteiger charge is -2.33. The van der Waals surface area contributed by atoms with E-state index in [2.05, 4.69) is 0 Å². The molecular weight excluding hydrogens is 456 g/mol. The molecule has 188 valence electrons. The number of fused-ring (bicyclic) bond motifs is 1. The fraction of sp³-hybridized carbons (Fsp3) is 0.545. The Kier molecular flexibility index (Phi) is 9.57. The zero-order valence-electron chi connectivity index (χ0n) is 18.8. The molecule has 0 bridgehead atoms. The molecule has 34 heavy (non-hydrogen) atoms. The molecule has 0 atom stereocenters. The van der Waals surface area contributed by atoms with Crippen LogP contribution < -0.4 is 0 Å². The summed E-state index contributed by atoms with van der Waals surface area (Å²) in [5.41, 5.74) is 0.622. The van der Waals surface area contributed by atoms with E-state index in [1.165, 1.54) is 15.9 Å². The first kappa shape index (κ1) is 25.8. The highest BCUT2D eigenvalue weighted by atomic mass is 19.2. The van der Waals surface area contributed by atoms with Crippen LogP contribution in [0.3, 0.4) is 0 Å². The minimum Gasteiger partial charge on any atom is -0.465 e. The number of rotatable bonds is 12. The Labute approximate surface area is 195 Å². The van der Waals surface area contributed by atoms with E-state index in [0.29, 0.717) is 37.3 Å². The Hall–Kier alpha value is -2.80. The number of ether oxygens (including phenoxy) is 3. The van der Waals surface area contributed by atoms with Crippen LogP contribution in [-0.2, 0) is 20.8 Å². The normalized spacial score (nSPS) is 14.2. The molecule has 0 aliphatic carbocycles. The molecule has 2 amide bonds. The standard InChI is InChI=1S/C22H29F2N3O7/c23-17-13-16-14-20(21(29)25-1-3-26(4-2-25)22(30)31)27(19(16)15-18(17)24)5-7-32-9-11-34-12-10-33-8-6-28/h13-15,28H,1-12H2,(H,30,31). The SMILES string of the molecule is O=C(O)N1CCN(C(=O)c2cc3cc(F)c(F)cc3n2CCOCCOCCOCCO)CC1. The van der Waals surface area contributed by atoms with E-state index in [1.54, 1.807) is 4.57 Å². The van der Waals surface area contributed by atoms with Crippen LogP contribution in [0, 0.1) is 11.6 Å². The van der Waals surface area contributed by atoms with Gasteiger partial charge in [0.15, 0.2) is 11.6 Å². The summed E-state index contributed by atoms with van der Waals surface area (Å²) in [6.07, 6.45) is -1.04. The number of halogens is 2. The summed E-state index contributed by atoms with van der Waals surface area (Å²) in [5.74, 6) is -2.36. The van der Waals surface area contributed by atoms with Gasteiger partial charge in [-0.15, -0.1) is 0 Å². The third kappa shape index (κ3) is 6.63. The first-order valence-corrected chi connectivity index (χ1v) is 11.0. The van der Waals surface area contributed by atoms with Gasteiger partial charge in [0.2, 0.25) is 0 Å². The second-order valence-corrected chi connectivity index (χ2v) is 7.63. The van der Waals surface area contributed by atoms with Gasteiger partial charge < -0.3 is 38.8 Å². The Morgan fingerprint density at radius 2 is 1.38 bits per heavy atom. The molecule has 2 heterocycles. The maximum Gasteiger partial charge on any atom is 0.407 e. The second kappa shape index (κ2) is 12.6. The summed E-state index contributed by atoms with van der Waals surface area (Å²) >= 11 is 0. The summed E-state index contributed by atoms with van der Waals surface area (Å²) in [5, 5.41) is 18.1. The van der Waals surface area contributed by atoms with Crippen LogP contribution in [0.2, 0.25) is 0 Å². The second-order valence-electron chi connectivity index (χ2n) is 7.63. The Bertz CT molecular complexity index is 977. The highest BCUT2D eigenvalue weighted by Crippen LogP contribution is 2.24. The molecule has 0 saturated carbocycles. The molecule has 3 rings (SSSR count). The van der Waals surface area contributed by atoms with E-state index < -0.39 is 17.7 Å². The number of carbonyl (C=O) groups excluding carboxylic acids is 1. The van der Waals surface area contributed by atoms with Gasteiger partial charge in [-0.1, -0.05) is 0 Å². The molecule has 1 aromatic heterocycles. The van der Waals surface area contributed by atoms with Gasteiger partial charge in [0, 0.05) is 44.2 Å². The quantitative estimate of drug-likeness (QED) is 0.437. The molecule has 0 spiro atoms. The lowest BCUT2D eigenvalue weighted by atomic mass is 10.2. The number of hydrogen-bond donors (Lipinski definition) is 2. The molecule has 1 saturated heterocycles. The largest absolute Gasteiger partial charge is 0.465 e. The lowest BCUT2D eigenvalue weighted by molar-refractivity contribution is 0.00664. The van der Waals surface area contributed by atoms with Crippen molar-refractivity contribution in [2.75, 3.05) is 72.4 Å². The van der Waals surface area contributed by atoms with Gasteiger partial charge in [0.05, 0.1) is 51.8 Å². The fourth-order valence-electron chi connectivity index (χ4n) is 3.70. The number of nitrogens with zero attached hydrogens (tertiary/aromatic N) is 3.